The van der Waals surface area contributed by atoms with Crippen LogP contribution in [0, 0.1) is 0 Å². The van der Waals surface area contributed by atoms with Crippen LogP contribution in [-0.2, 0) is 4.57 Å². The van der Waals surface area contributed by atoms with Crippen molar-refractivity contribution in [3.8, 4) is 11.3 Å². The number of nitrogens with one attached hydrogen (secondary N) is 4. The van der Waals surface area contributed by atoms with Crippen LogP contribution in [0.5, 0.6) is 0 Å². The molecule has 6 rings (SSSR count). The number of nitrogens with zero attached hydrogens (tertiary/aromatic N) is 4. The van der Waals surface area contributed by atoms with Gasteiger partial charge in [-0.15, -0.1) is 0 Å². The Morgan fingerprint density at radius 2 is 1.75 bits per heavy atom. The fraction of sp³-hybridized carbons (Fsp3) is 0.207. The number of anilines is 5. The quantitative estimate of drug-likeness (QED) is 0.181. The highest BCUT2D eigenvalue weighted by molar-refractivity contribution is 7.70. The van der Waals surface area contributed by atoms with E-state index in [-0.39, 0.29) is 0 Å². The van der Waals surface area contributed by atoms with Crippen LogP contribution >= 0.6 is 18.7 Å². The van der Waals surface area contributed by atoms with E-state index >= 15 is 0 Å². The molecule has 1 aliphatic rings. The molecular formula is C29H30ClN8OP. The standard InChI is InChI=1S/C29H30ClN8OP/c1-40(2,39)26-6-4-3-5-25(26)34-28-23(30)18-32-29(35-28)33-20-9-12-24-22(17-20)27(37-36-24)19-7-10-21(11-8-19)38-15-13-31-14-16-38/h3-12,17-18,31H,13-16H2,1-2H3,(H,36,37)(H2,32,33,34,35). The molecule has 0 radical (unpaired) electrons. The molecule has 9 nitrogen and oxygen atoms in total. The van der Waals surface area contributed by atoms with Gasteiger partial charge in [-0.2, -0.15) is 10.1 Å². The number of para-hydroxylation sites is 1. The minimum absolute atomic E-state index is 0.360. The zero-order chi connectivity index (χ0) is 27.7. The Morgan fingerprint density at radius 1 is 0.975 bits per heavy atom. The number of hydrogen-bond donors (Lipinski definition) is 4. The van der Waals surface area contributed by atoms with Gasteiger partial charge in [0.1, 0.15) is 12.2 Å². The molecule has 3 heterocycles. The molecule has 0 atom stereocenters. The van der Waals surface area contributed by atoms with Crippen molar-refractivity contribution in [2.24, 2.45) is 0 Å². The zero-order valence-electron chi connectivity index (χ0n) is 22.3. The Bertz CT molecular complexity index is 1710. The van der Waals surface area contributed by atoms with E-state index in [2.05, 4.69) is 65.3 Å². The molecule has 0 aliphatic carbocycles. The number of aromatic amines is 1. The van der Waals surface area contributed by atoms with Crippen molar-refractivity contribution in [2.45, 2.75) is 0 Å². The summed E-state index contributed by atoms with van der Waals surface area (Å²) in [6.45, 7) is 7.50. The van der Waals surface area contributed by atoms with Gasteiger partial charge in [0.25, 0.3) is 0 Å². The van der Waals surface area contributed by atoms with Crippen molar-refractivity contribution in [2.75, 3.05) is 55.0 Å². The number of piperazine rings is 1. The summed E-state index contributed by atoms with van der Waals surface area (Å²) in [7, 11) is -2.51. The third-order valence-corrected chi connectivity index (χ3v) is 8.75. The van der Waals surface area contributed by atoms with Crippen molar-refractivity contribution < 1.29 is 4.57 Å². The summed E-state index contributed by atoms with van der Waals surface area (Å²) in [5.74, 6) is 0.806. The summed E-state index contributed by atoms with van der Waals surface area (Å²) < 4.78 is 12.8. The summed E-state index contributed by atoms with van der Waals surface area (Å²) in [5, 5.41) is 19.7. The van der Waals surface area contributed by atoms with Crippen molar-refractivity contribution in [1.82, 2.24) is 25.5 Å². The lowest BCUT2D eigenvalue weighted by atomic mass is 10.1. The molecule has 1 aliphatic heterocycles. The van der Waals surface area contributed by atoms with Gasteiger partial charge in [0.05, 0.1) is 23.1 Å². The summed E-state index contributed by atoms with van der Waals surface area (Å²) in [4.78, 5) is 11.4. The third-order valence-electron chi connectivity index (χ3n) is 6.92. The minimum atomic E-state index is -2.51. The maximum Gasteiger partial charge on any atom is 0.229 e. The molecule has 2 aromatic heterocycles. The minimum Gasteiger partial charge on any atom is -0.369 e. The molecule has 40 heavy (non-hydrogen) atoms. The molecule has 0 bridgehead atoms. The van der Waals surface area contributed by atoms with Crippen molar-refractivity contribution in [3.05, 3.63) is 77.9 Å². The lowest BCUT2D eigenvalue weighted by molar-refractivity contribution is 0.588. The summed E-state index contributed by atoms with van der Waals surface area (Å²) in [6, 6.07) is 22.0. The molecule has 4 N–H and O–H groups in total. The molecular weight excluding hydrogens is 543 g/mol. The fourth-order valence-corrected chi connectivity index (χ4v) is 6.18. The van der Waals surface area contributed by atoms with E-state index < -0.39 is 7.14 Å². The second-order valence-electron chi connectivity index (χ2n) is 10.1. The Balaban J connectivity index is 1.25. The number of aromatic nitrogens is 4. The molecule has 11 heteroatoms. The smallest absolute Gasteiger partial charge is 0.229 e. The lowest BCUT2D eigenvalue weighted by Gasteiger charge is -2.29. The van der Waals surface area contributed by atoms with Crippen LogP contribution < -0.4 is 26.2 Å². The van der Waals surface area contributed by atoms with Gasteiger partial charge in [0, 0.05) is 53.8 Å². The van der Waals surface area contributed by atoms with Gasteiger partial charge in [-0.25, -0.2) is 4.98 Å². The highest BCUT2D eigenvalue weighted by Crippen LogP contribution is 2.39. The Hall–Kier alpha value is -3.91. The highest BCUT2D eigenvalue weighted by Gasteiger charge is 2.18. The van der Waals surface area contributed by atoms with Crippen molar-refractivity contribution in [3.63, 3.8) is 0 Å². The molecule has 0 amide bonds. The predicted molar refractivity (Wildman–Crippen MR) is 166 cm³/mol. The average molecular weight is 573 g/mol. The maximum atomic E-state index is 12.8. The molecule has 0 saturated carbocycles. The summed E-state index contributed by atoms with van der Waals surface area (Å²) in [5.41, 5.74) is 5.60. The van der Waals surface area contributed by atoms with Crippen LogP contribution in [0.3, 0.4) is 0 Å². The summed E-state index contributed by atoms with van der Waals surface area (Å²) >= 11 is 6.43. The van der Waals surface area contributed by atoms with E-state index in [1.807, 2.05) is 42.5 Å². The monoisotopic (exact) mass is 572 g/mol. The zero-order valence-corrected chi connectivity index (χ0v) is 23.9. The van der Waals surface area contributed by atoms with Gasteiger partial charge in [0.2, 0.25) is 5.95 Å². The Kier molecular flexibility index (Phi) is 7.19. The van der Waals surface area contributed by atoms with E-state index in [0.717, 1.165) is 59.3 Å². The van der Waals surface area contributed by atoms with Gasteiger partial charge in [-0.1, -0.05) is 35.9 Å². The van der Waals surface area contributed by atoms with Crippen LogP contribution in [-0.4, -0.2) is 59.7 Å². The molecule has 3 aromatic carbocycles. The van der Waals surface area contributed by atoms with E-state index in [1.54, 1.807) is 19.5 Å². The SMILES string of the molecule is CP(C)(=O)c1ccccc1Nc1nc(Nc2ccc3[nH]nc(-c4ccc(N5CCNCC5)cc4)c3c2)ncc1Cl. The average Bonchev–Trinajstić information content (AvgIpc) is 3.38. The normalized spacial score (nSPS) is 13.9. The van der Waals surface area contributed by atoms with Crippen molar-refractivity contribution >= 4 is 63.8 Å². The van der Waals surface area contributed by atoms with Gasteiger partial charge in [-0.3, -0.25) is 5.10 Å². The van der Waals surface area contributed by atoms with Gasteiger partial charge in [-0.05, 0) is 55.8 Å². The second kappa shape index (κ2) is 10.9. The first-order chi connectivity index (χ1) is 19.3. The number of rotatable bonds is 7. The topological polar surface area (TPSA) is 111 Å². The molecule has 5 aromatic rings. The fourth-order valence-electron chi connectivity index (χ4n) is 4.89. The number of H-pyrrole nitrogens is 1. The van der Waals surface area contributed by atoms with E-state index in [9.17, 15) is 4.57 Å². The maximum absolute atomic E-state index is 12.8. The number of fused-ring (bicyclic) bond motifs is 1. The molecule has 1 saturated heterocycles. The third kappa shape index (κ3) is 5.54. The molecule has 0 unspecified atom stereocenters. The second-order valence-corrected chi connectivity index (χ2v) is 13.7. The van der Waals surface area contributed by atoms with Crippen LogP contribution in [0.1, 0.15) is 0 Å². The first-order valence-electron chi connectivity index (χ1n) is 13.1. The van der Waals surface area contributed by atoms with Crippen LogP contribution in [0.15, 0.2) is 72.9 Å². The van der Waals surface area contributed by atoms with Crippen LogP contribution in [0.4, 0.5) is 28.8 Å². The highest BCUT2D eigenvalue weighted by atomic mass is 35.5. The van der Waals surface area contributed by atoms with Gasteiger partial charge >= 0.3 is 0 Å². The van der Waals surface area contributed by atoms with Gasteiger partial charge < -0.3 is 25.4 Å². The first kappa shape index (κ1) is 26.3. The van der Waals surface area contributed by atoms with Gasteiger partial charge in [0.15, 0.2) is 5.82 Å². The molecule has 204 valence electrons. The Labute approximate surface area is 237 Å². The number of benzene rings is 3. The van der Waals surface area contributed by atoms with E-state index in [0.29, 0.717) is 22.5 Å². The number of halogens is 1. The van der Waals surface area contributed by atoms with Crippen molar-refractivity contribution in [1.29, 1.82) is 0 Å². The number of hydrogen-bond acceptors (Lipinski definition) is 8. The van der Waals surface area contributed by atoms with E-state index in [4.69, 9.17) is 11.6 Å². The first-order valence-corrected chi connectivity index (χ1v) is 16.1. The molecule has 0 spiro atoms. The largest absolute Gasteiger partial charge is 0.369 e. The lowest BCUT2D eigenvalue weighted by Crippen LogP contribution is -2.43. The Morgan fingerprint density at radius 3 is 2.52 bits per heavy atom. The molecule has 1 fully saturated rings. The summed E-state index contributed by atoms with van der Waals surface area (Å²) in [6.07, 6.45) is 1.54. The van der Waals surface area contributed by atoms with Crippen LogP contribution in [0.2, 0.25) is 5.02 Å². The predicted octanol–water partition coefficient (Wildman–Crippen LogP) is 5.82. The van der Waals surface area contributed by atoms with E-state index in [1.165, 1.54) is 5.69 Å². The van der Waals surface area contributed by atoms with Crippen LogP contribution in [0.25, 0.3) is 22.2 Å².